The van der Waals surface area contributed by atoms with E-state index >= 15 is 0 Å². The number of anilines is 2. The van der Waals surface area contributed by atoms with Gasteiger partial charge in [0.2, 0.25) is 5.91 Å². The summed E-state index contributed by atoms with van der Waals surface area (Å²) in [6.07, 6.45) is -0.380. The molecule has 0 unspecified atom stereocenters. The number of hydrogen-bond acceptors (Lipinski definition) is 7. The highest BCUT2D eigenvalue weighted by atomic mass is 35.5. The molecule has 0 aliphatic heterocycles. The Bertz CT molecular complexity index is 1540. The van der Waals surface area contributed by atoms with Crippen molar-refractivity contribution in [3.8, 4) is 17.2 Å². The number of carbonyl (C=O) groups is 2. The van der Waals surface area contributed by atoms with Crippen LogP contribution in [0.5, 0.6) is 11.5 Å². The molecule has 214 valence electrons. The van der Waals surface area contributed by atoms with Gasteiger partial charge in [0.25, 0.3) is 5.91 Å². The van der Waals surface area contributed by atoms with Crippen LogP contribution in [0, 0.1) is 0 Å². The molecule has 3 aromatic carbocycles. The summed E-state index contributed by atoms with van der Waals surface area (Å²) in [6, 6.07) is 17.7. The van der Waals surface area contributed by atoms with Crippen LogP contribution >= 0.6 is 23.5 Å². The Morgan fingerprint density at radius 3 is 2.54 bits per heavy atom. The van der Waals surface area contributed by atoms with Crippen molar-refractivity contribution in [1.29, 1.82) is 0 Å². The summed E-state index contributed by atoms with van der Waals surface area (Å²) >= 11 is 7.46. The molecule has 0 aliphatic rings. The zero-order valence-electron chi connectivity index (χ0n) is 22.0. The summed E-state index contributed by atoms with van der Waals surface area (Å²) < 4.78 is 40.8. The van der Waals surface area contributed by atoms with Crippen molar-refractivity contribution in [3.63, 3.8) is 0 Å². The first kappa shape index (κ1) is 29.8. The number of carbonyl (C=O) groups excluding carboxylic acids is 2. The van der Waals surface area contributed by atoms with Gasteiger partial charge in [0.15, 0.2) is 0 Å². The Kier molecular flexibility index (Phi) is 10.2. The number of ether oxygens (including phenoxy) is 2. The molecule has 4 aromatic rings. The first-order valence-electron chi connectivity index (χ1n) is 12.2. The van der Waals surface area contributed by atoms with Crippen LogP contribution in [-0.4, -0.2) is 42.2 Å². The van der Waals surface area contributed by atoms with Crippen molar-refractivity contribution in [2.45, 2.75) is 24.3 Å². The predicted octanol–water partition coefficient (Wildman–Crippen LogP) is 5.72. The van der Waals surface area contributed by atoms with E-state index in [2.05, 4.69) is 20.5 Å². The SMILES string of the molecule is COc1ccc(CNSc2cc(NC(=O)Cc3ccccc3Cl)ccc2-n2cc(NC(=O)C(F)F)cn2)c(OC)c1. The molecule has 0 spiro atoms. The lowest BCUT2D eigenvalue weighted by Crippen LogP contribution is -2.19. The molecule has 9 nitrogen and oxygen atoms in total. The molecule has 0 fully saturated rings. The molecule has 0 saturated heterocycles. The highest BCUT2D eigenvalue weighted by Crippen LogP contribution is 2.30. The maximum atomic E-state index is 12.7. The Balaban J connectivity index is 1.55. The van der Waals surface area contributed by atoms with Gasteiger partial charge in [-0.3, -0.25) is 14.3 Å². The van der Waals surface area contributed by atoms with Crippen molar-refractivity contribution in [1.82, 2.24) is 14.5 Å². The van der Waals surface area contributed by atoms with Crippen molar-refractivity contribution in [3.05, 3.63) is 89.2 Å². The molecule has 0 aliphatic carbocycles. The minimum atomic E-state index is -3.16. The summed E-state index contributed by atoms with van der Waals surface area (Å²) in [5.41, 5.74) is 2.78. The van der Waals surface area contributed by atoms with Crippen LogP contribution in [0.2, 0.25) is 5.02 Å². The first-order valence-corrected chi connectivity index (χ1v) is 13.4. The Morgan fingerprint density at radius 2 is 1.80 bits per heavy atom. The average molecular weight is 602 g/mol. The van der Waals surface area contributed by atoms with Gasteiger partial charge in [-0.2, -0.15) is 13.9 Å². The number of alkyl halides is 2. The van der Waals surface area contributed by atoms with Crippen LogP contribution in [0.1, 0.15) is 11.1 Å². The average Bonchev–Trinajstić information content (AvgIpc) is 3.42. The molecular weight excluding hydrogens is 576 g/mol. The van der Waals surface area contributed by atoms with Crippen LogP contribution < -0.4 is 24.8 Å². The molecule has 1 aromatic heterocycles. The predicted molar refractivity (Wildman–Crippen MR) is 154 cm³/mol. The minimum Gasteiger partial charge on any atom is -0.497 e. The molecule has 2 amide bonds. The normalized spacial score (nSPS) is 10.9. The fourth-order valence-corrected chi connectivity index (χ4v) is 4.83. The van der Waals surface area contributed by atoms with E-state index < -0.39 is 12.3 Å². The number of halogens is 3. The smallest absolute Gasteiger partial charge is 0.315 e. The summed E-state index contributed by atoms with van der Waals surface area (Å²) in [5, 5.41) is 9.70. The highest BCUT2D eigenvalue weighted by Gasteiger charge is 2.17. The van der Waals surface area contributed by atoms with Crippen LogP contribution in [0.15, 0.2) is 78.0 Å². The lowest BCUT2D eigenvalue weighted by molar-refractivity contribution is -0.126. The molecule has 0 bridgehead atoms. The standard InChI is InChI=1S/C28H26ClF2N5O4S/c1-39-21-9-7-18(24(13-21)40-2)14-33-41-25-12-19(34-26(37)11-17-5-3-4-6-22(17)29)8-10-23(25)36-16-20(15-32-36)35-28(38)27(30)31/h3-10,12-13,15-16,27,33H,11,14H2,1-2H3,(H,34,37)(H,35,38). The van der Waals surface area contributed by atoms with E-state index in [0.717, 1.165) is 5.56 Å². The van der Waals surface area contributed by atoms with Gasteiger partial charge in [0.05, 0.1) is 49.3 Å². The number of rotatable bonds is 12. The second-order valence-electron chi connectivity index (χ2n) is 8.56. The maximum Gasteiger partial charge on any atom is 0.315 e. The van der Waals surface area contributed by atoms with Gasteiger partial charge in [-0.05, 0) is 47.8 Å². The van der Waals surface area contributed by atoms with Crippen LogP contribution in [0.25, 0.3) is 5.69 Å². The van der Waals surface area contributed by atoms with Crippen molar-refractivity contribution < 1.29 is 27.8 Å². The maximum absolute atomic E-state index is 12.7. The molecular formula is C28H26ClF2N5O4S. The number of hydrogen-bond donors (Lipinski definition) is 3. The Labute approximate surface area is 244 Å². The lowest BCUT2D eigenvalue weighted by Gasteiger charge is -2.14. The van der Waals surface area contributed by atoms with E-state index in [1.807, 2.05) is 18.2 Å². The summed E-state index contributed by atoms with van der Waals surface area (Å²) in [7, 11) is 3.14. The third-order valence-electron chi connectivity index (χ3n) is 5.79. The second kappa shape index (κ2) is 14.0. The zero-order valence-corrected chi connectivity index (χ0v) is 23.6. The molecule has 4 rings (SSSR count). The quantitative estimate of drug-likeness (QED) is 0.178. The fourth-order valence-electron chi connectivity index (χ4n) is 3.79. The first-order chi connectivity index (χ1) is 19.8. The minimum absolute atomic E-state index is 0.0891. The van der Waals surface area contributed by atoms with Crippen molar-refractivity contribution in [2.24, 2.45) is 0 Å². The van der Waals surface area contributed by atoms with E-state index in [4.69, 9.17) is 21.1 Å². The largest absolute Gasteiger partial charge is 0.497 e. The van der Waals surface area contributed by atoms with Gasteiger partial charge >= 0.3 is 6.43 Å². The fraction of sp³-hybridized carbons (Fsp3) is 0.179. The summed E-state index contributed by atoms with van der Waals surface area (Å²) in [4.78, 5) is 24.8. The Morgan fingerprint density at radius 1 is 1.00 bits per heavy atom. The molecule has 0 radical (unpaired) electrons. The van der Waals surface area contributed by atoms with Gasteiger partial charge in [0, 0.05) is 28.9 Å². The Hall–Kier alpha value is -4.13. The third-order valence-corrected chi connectivity index (χ3v) is 6.99. The van der Waals surface area contributed by atoms with E-state index in [9.17, 15) is 18.4 Å². The lowest BCUT2D eigenvalue weighted by atomic mass is 10.1. The molecule has 41 heavy (non-hydrogen) atoms. The number of amides is 2. The topological polar surface area (TPSA) is 107 Å². The number of nitrogens with zero attached hydrogens (tertiary/aromatic N) is 2. The van der Waals surface area contributed by atoms with E-state index in [1.54, 1.807) is 56.7 Å². The van der Waals surface area contributed by atoms with Gasteiger partial charge in [-0.25, -0.2) is 4.68 Å². The van der Waals surface area contributed by atoms with Crippen LogP contribution in [0.4, 0.5) is 20.2 Å². The van der Waals surface area contributed by atoms with E-state index in [-0.39, 0.29) is 18.0 Å². The van der Waals surface area contributed by atoms with Crippen LogP contribution in [0.3, 0.4) is 0 Å². The number of aromatic nitrogens is 2. The van der Waals surface area contributed by atoms with E-state index in [0.29, 0.717) is 44.9 Å². The molecule has 1 heterocycles. The third kappa shape index (κ3) is 7.97. The van der Waals surface area contributed by atoms with Crippen molar-refractivity contribution >= 4 is 46.7 Å². The molecule has 0 atom stereocenters. The summed E-state index contributed by atoms with van der Waals surface area (Å²) in [6.45, 7) is 0.412. The van der Waals surface area contributed by atoms with Gasteiger partial charge in [0.1, 0.15) is 11.5 Å². The zero-order chi connectivity index (χ0) is 29.4. The van der Waals surface area contributed by atoms with E-state index in [1.165, 1.54) is 29.0 Å². The van der Waals surface area contributed by atoms with Crippen LogP contribution in [-0.2, 0) is 22.6 Å². The van der Waals surface area contributed by atoms with Gasteiger partial charge in [-0.15, -0.1) is 0 Å². The summed E-state index contributed by atoms with van der Waals surface area (Å²) in [5.74, 6) is -0.376. The van der Waals surface area contributed by atoms with Gasteiger partial charge in [-0.1, -0.05) is 35.9 Å². The molecule has 3 N–H and O–H groups in total. The number of nitrogens with one attached hydrogen (secondary N) is 3. The van der Waals surface area contributed by atoms with Gasteiger partial charge < -0.3 is 20.1 Å². The monoisotopic (exact) mass is 601 g/mol. The molecule has 0 saturated carbocycles. The number of methoxy groups -OCH3 is 2. The van der Waals surface area contributed by atoms with Crippen molar-refractivity contribution in [2.75, 3.05) is 24.9 Å². The second-order valence-corrected chi connectivity index (χ2v) is 9.90. The highest BCUT2D eigenvalue weighted by molar-refractivity contribution is 7.97. The molecule has 13 heteroatoms. The number of benzene rings is 3.